The van der Waals surface area contributed by atoms with Crippen LogP contribution in [-0.2, 0) is 5.54 Å². The molecule has 2 amide bonds. The summed E-state index contributed by atoms with van der Waals surface area (Å²) in [5.41, 5.74) is 3.03. The van der Waals surface area contributed by atoms with E-state index in [-0.39, 0.29) is 23.8 Å². The van der Waals surface area contributed by atoms with Crippen LogP contribution in [0.1, 0.15) is 50.4 Å². The van der Waals surface area contributed by atoms with Gasteiger partial charge >= 0.3 is 0 Å². The second kappa shape index (κ2) is 7.41. The Balaban J connectivity index is 1.71. The molecule has 3 atom stereocenters. The van der Waals surface area contributed by atoms with Crippen molar-refractivity contribution in [3.8, 4) is 11.5 Å². The van der Waals surface area contributed by atoms with Gasteiger partial charge in [-0.25, -0.2) is 0 Å². The summed E-state index contributed by atoms with van der Waals surface area (Å²) in [5.74, 6) is 0.746. The summed E-state index contributed by atoms with van der Waals surface area (Å²) in [6.07, 6.45) is 0. The van der Waals surface area contributed by atoms with E-state index in [1.807, 2.05) is 61.5 Å². The minimum atomic E-state index is -0.806. The summed E-state index contributed by atoms with van der Waals surface area (Å²) in [6, 6.07) is 20.1. The lowest BCUT2D eigenvalue weighted by Gasteiger charge is -2.33. The minimum absolute atomic E-state index is 0.129. The van der Waals surface area contributed by atoms with Crippen molar-refractivity contribution in [1.29, 1.82) is 0 Å². The van der Waals surface area contributed by atoms with Crippen molar-refractivity contribution in [2.75, 3.05) is 14.2 Å². The van der Waals surface area contributed by atoms with Gasteiger partial charge in [-0.15, -0.1) is 0 Å². The molecule has 6 heteroatoms. The second-order valence-corrected chi connectivity index (χ2v) is 8.20. The van der Waals surface area contributed by atoms with Crippen LogP contribution in [0.2, 0.25) is 0 Å². The Morgan fingerprint density at radius 3 is 2.41 bits per heavy atom. The Morgan fingerprint density at radius 2 is 1.69 bits per heavy atom. The van der Waals surface area contributed by atoms with Gasteiger partial charge < -0.3 is 20.1 Å². The molecule has 2 aliphatic rings. The molecule has 0 saturated heterocycles. The Kier molecular flexibility index (Phi) is 4.66. The monoisotopic (exact) mass is 428 g/mol. The zero-order valence-corrected chi connectivity index (χ0v) is 18.1. The molecule has 3 aromatic carbocycles. The first-order valence-corrected chi connectivity index (χ1v) is 10.6. The Morgan fingerprint density at radius 1 is 0.969 bits per heavy atom. The number of fused-ring (bicyclic) bond motifs is 4. The molecule has 1 spiro atoms. The highest BCUT2D eigenvalue weighted by atomic mass is 16.5. The highest BCUT2D eigenvalue weighted by Gasteiger charge is 2.57. The van der Waals surface area contributed by atoms with E-state index in [4.69, 9.17) is 9.47 Å². The fraction of sp³-hybridized carbons (Fsp3) is 0.231. The summed E-state index contributed by atoms with van der Waals surface area (Å²) >= 11 is 0. The maximum atomic E-state index is 13.1. The molecule has 3 aromatic rings. The number of hydrogen-bond acceptors (Lipinski definition) is 4. The number of rotatable bonds is 4. The molecule has 1 heterocycles. The first-order chi connectivity index (χ1) is 15.5. The number of amides is 2. The predicted octanol–water partition coefficient (Wildman–Crippen LogP) is 3.81. The summed E-state index contributed by atoms with van der Waals surface area (Å²) in [4.78, 5) is 26.1. The Hall–Kier alpha value is -3.80. The second-order valence-electron chi connectivity index (χ2n) is 8.20. The van der Waals surface area contributed by atoms with Crippen LogP contribution in [0.3, 0.4) is 0 Å². The summed E-state index contributed by atoms with van der Waals surface area (Å²) in [6.45, 7) is 2.05. The summed E-state index contributed by atoms with van der Waals surface area (Å²) in [5, 5.41) is 6.44. The first kappa shape index (κ1) is 20.1. The number of carbonyl (C=O) groups is 2. The third kappa shape index (κ3) is 2.72. The minimum Gasteiger partial charge on any atom is -0.497 e. The number of carbonyl (C=O) groups excluding carboxylic acids is 2. The molecule has 0 unspecified atom stereocenters. The van der Waals surface area contributed by atoms with Crippen LogP contribution in [0, 0.1) is 5.92 Å². The SMILES string of the molecule is COc1cc(OC)c2c(c1)[C@@]1(NC(=O)c3ccccc31)[C@H](C)[C@H]2NC(=O)c1ccccc1. The average molecular weight is 428 g/mol. The molecule has 1 aliphatic carbocycles. The maximum Gasteiger partial charge on any atom is 0.252 e. The standard InChI is InChI=1S/C26H24N2O4/c1-15-23(27-24(29)16-9-5-4-6-10-16)22-20(13-17(31-2)14-21(22)32-3)26(15)19-12-8-7-11-18(19)25(30)28-26/h4-15,23H,1-3H3,(H,27,29)(H,28,30)/t15-,23-,26-/m1/s1. The van der Waals surface area contributed by atoms with Crippen LogP contribution >= 0.6 is 0 Å². The number of hydrogen-bond donors (Lipinski definition) is 2. The lowest BCUT2D eigenvalue weighted by atomic mass is 9.78. The molecule has 32 heavy (non-hydrogen) atoms. The van der Waals surface area contributed by atoms with Crippen molar-refractivity contribution < 1.29 is 19.1 Å². The van der Waals surface area contributed by atoms with Gasteiger partial charge in [-0.3, -0.25) is 9.59 Å². The number of ether oxygens (including phenoxy) is 2. The van der Waals surface area contributed by atoms with E-state index in [1.165, 1.54) is 0 Å². The van der Waals surface area contributed by atoms with E-state index in [0.717, 1.165) is 16.7 Å². The quantitative estimate of drug-likeness (QED) is 0.663. The molecule has 0 radical (unpaired) electrons. The Bertz CT molecular complexity index is 1220. The molecule has 0 fully saturated rings. The zero-order valence-electron chi connectivity index (χ0n) is 18.1. The summed E-state index contributed by atoms with van der Waals surface area (Å²) in [7, 11) is 3.20. The van der Waals surface area contributed by atoms with Gasteiger partial charge in [-0.05, 0) is 35.4 Å². The molecule has 2 N–H and O–H groups in total. The van der Waals surface area contributed by atoms with E-state index < -0.39 is 5.54 Å². The van der Waals surface area contributed by atoms with E-state index in [1.54, 1.807) is 26.4 Å². The van der Waals surface area contributed by atoms with Gasteiger partial charge in [0.25, 0.3) is 11.8 Å². The highest BCUT2D eigenvalue weighted by molar-refractivity contribution is 6.01. The van der Waals surface area contributed by atoms with Gasteiger partial charge in [0.15, 0.2) is 0 Å². The van der Waals surface area contributed by atoms with Crippen LogP contribution in [-0.4, -0.2) is 26.0 Å². The highest BCUT2D eigenvalue weighted by Crippen LogP contribution is 2.57. The van der Waals surface area contributed by atoms with Crippen molar-refractivity contribution in [3.05, 3.63) is 94.5 Å². The van der Waals surface area contributed by atoms with Crippen LogP contribution in [0.15, 0.2) is 66.7 Å². The number of methoxy groups -OCH3 is 2. The molecule has 0 bridgehead atoms. The molecule has 0 saturated carbocycles. The van der Waals surface area contributed by atoms with Gasteiger partial charge in [-0.1, -0.05) is 43.3 Å². The molecule has 162 valence electrons. The predicted molar refractivity (Wildman–Crippen MR) is 120 cm³/mol. The van der Waals surface area contributed by atoms with Crippen molar-refractivity contribution >= 4 is 11.8 Å². The molecule has 5 rings (SSSR count). The third-order valence-corrected chi connectivity index (χ3v) is 6.72. The molecule has 1 aliphatic heterocycles. The molecule has 6 nitrogen and oxygen atoms in total. The maximum absolute atomic E-state index is 13.1. The number of benzene rings is 3. The lowest BCUT2D eigenvalue weighted by Crippen LogP contribution is -2.46. The fourth-order valence-electron chi connectivity index (χ4n) is 5.20. The summed E-state index contributed by atoms with van der Waals surface area (Å²) < 4.78 is 11.3. The molecular formula is C26H24N2O4. The first-order valence-electron chi connectivity index (χ1n) is 10.6. The lowest BCUT2D eigenvalue weighted by molar-refractivity contribution is 0.0895. The van der Waals surface area contributed by atoms with Crippen LogP contribution in [0.5, 0.6) is 11.5 Å². The largest absolute Gasteiger partial charge is 0.497 e. The van der Waals surface area contributed by atoms with Crippen LogP contribution in [0.4, 0.5) is 0 Å². The molecule has 0 aromatic heterocycles. The van der Waals surface area contributed by atoms with Gasteiger partial charge in [0, 0.05) is 28.7 Å². The van der Waals surface area contributed by atoms with Gasteiger partial charge in [0.05, 0.1) is 25.8 Å². The van der Waals surface area contributed by atoms with E-state index in [2.05, 4.69) is 10.6 Å². The Labute approximate surface area is 186 Å². The van der Waals surface area contributed by atoms with Crippen molar-refractivity contribution in [3.63, 3.8) is 0 Å². The van der Waals surface area contributed by atoms with Crippen molar-refractivity contribution in [2.45, 2.75) is 18.5 Å². The zero-order chi connectivity index (χ0) is 22.5. The molecular weight excluding hydrogens is 404 g/mol. The van der Waals surface area contributed by atoms with E-state index >= 15 is 0 Å². The topological polar surface area (TPSA) is 76.7 Å². The fourth-order valence-corrected chi connectivity index (χ4v) is 5.20. The van der Waals surface area contributed by atoms with E-state index in [0.29, 0.717) is 22.6 Å². The third-order valence-electron chi connectivity index (χ3n) is 6.72. The van der Waals surface area contributed by atoms with Gasteiger partial charge in [0.2, 0.25) is 0 Å². The number of nitrogens with one attached hydrogen (secondary N) is 2. The van der Waals surface area contributed by atoms with Crippen LogP contribution in [0.25, 0.3) is 0 Å². The van der Waals surface area contributed by atoms with Crippen LogP contribution < -0.4 is 20.1 Å². The smallest absolute Gasteiger partial charge is 0.252 e. The normalized spacial score (nSPS) is 22.8. The van der Waals surface area contributed by atoms with E-state index in [9.17, 15) is 9.59 Å². The van der Waals surface area contributed by atoms with Gasteiger partial charge in [0.1, 0.15) is 11.5 Å². The van der Waals surface area contributed by atoms with Crippen molar-refractivity contribution in [2.24, 2.45) is 5.92 Å². The van der Waals surface area contributed by atoms with Crippen molar-refractivity contribution in [1.82, 2.24) is 10.6 Å². The average Bonchev–Trinajstić information content (AvgIpc) is 3.26. The van der Waals surface area contributed by atoms with Gasteiger partial charge in [-0.2, -0.15) is 0 Å².